The van der Waals surface area contributed by atoms with E-state index in [-0.39, 0.29) is 16.7 Å². The van der Waals surface area contributed by atoms with E-state index in [1.54, 1.807) is 13.2 Å². The Morgan fingerprint density at radius 1 is 1.33 bits per heavy atom. The summed E-state index contributed by atoms with van der Waals surface area (Å²) in [7, 11) is 1.54. The molecule has 1 aromatic carbocycles. The van der Waals surface area contributed by atoms with Crippen molar-refractivity contribution in [3.8, 4) is 17.6 Å². The molecule has 3 nitrogen and oxygen atoms in total. The minimum atomic E-state index is -0.218. The summed E-state index contributed by atoms with van der Waals surface area (Å²) in [4.78, 5) is 0. The molecule has 80 valence electrons. The van der Waals surface area contributed by atoms with E-state index in [4.69, 9.17) is 10.00 Å². The first-order valence-corrected chi connectivity index (χ1v) is 4.71. The third kappa shape index (κ3) is 2.21. The Balaban J connectivity index is 3.46. The van der Waals surface area contributed by atoms with E-state index < -0.39 is 0 Å². The van der Waals surface area contributed by atoms with E-state index in [2.05, 4.69) is 0 Å². The Hall–Kier alpha value is -1.69. The van der Waals surface area contributed by atoms with Crippen molar-refractivity contribution < 1.29 is 9.84 Å². The van der Waals surface area contributed by atoms with Crippen LogP contribution in [0.15, 0.2) is 12.1 Å². The highest BCUT2D eigenvalue weighted by Gasteiger charge is 2.21. The molecule has 3 heteroatoms. The number of nitriles is 1. The molecule has 0 fully saturated rings. The van der Waals surface area contributed by atoms with Gasteiger partial charge in [-0.3, -0.25) is 0 Å². The Labute approximate surface area is 89.9 Å². The topological polar surface area (TPSA) is 53.2 Å². The molecule has 1 rings (SSSR count). The van der Waals surface area contributed by atoms with Gasteiger partial charge in [-0.15, -0.1) is 0 Å². The lowest BCUT2D eigenvalue weighted by atomic mass is 9.85. The van der Waals surface area contributed by atoms with Crippen LogP contribution in [0.3, 0.4) is 0 Å². The van der Waals surface area contributed by atoms with Crippen molar-refractivity contribution in [2.75, 3.05) is 7.11 Å². The van der Waals surface area contributed by atoms with Crippen LogP contribution in [0.2, 0.25) is 0 Å². The largest absolute Gasteiger partial charge is 0.506 e. The first kappa shape index (κ1) is 11.4. The summed E-state index contributed by atoms with van der Waals surface area (Å²) in [5.74, 6) is 0.639. The van der Waals surface area contributed by atoms with Gasteiger partial charge < -0.3 is 9.84 Å². The van der Waals surface area contributed by atoms with Crippen molar-refractivity contribution in [3.63, 3.8) is 0 Å². The van der Waals surface area contributed by atoms with Gasteiger partial charge in [-0.25, -0.2) is 0 Å². The molecule has 0 aliphatic rings. The number of ether oxygens (including phenoxy) is 1. The lowest BCUT2D eigenvalue weighted by Gasteiger charge is -2.21. The van der Waals surface area contributed by atoms with Gasteiger partial charge in [0.1, 0.15) is 17.6 Å². The smallest absolute Gasteiger partial charge is 0.137 e. The Morgan fingerprint density at radius 3 is 2.33 bits per heavy atom. The lowest BCUT2D eigenvalue weighted by Crippen LogP contribution is -2.12. The second-order valence-electron chi connectivity index (χ2n) is 4.43. The number of phenolic OH excluding ortho intramolecular Hbond substituents is 1. The molecule has 0 heterocycles. The average Bonchev–Trinajstić information content (AvgIpc) is 2.16. The van der Waals surface area contributed by atoms with Crippen LogP contribution in [0.4, 0.5) is 0 Å². The van der Waals surface area contributed by atoms with Gasteiger partial charge in [0.25, 0.3) is 0 Å². The van der Waals surface area contributed by atoms with Gasteiger partial charge in [0.15, 0.2) is 0 Å². The summed E-state index contributed by atoms with van der Waals surface area (Å²) in [5.41, 5.74) is 0.752. The van der Waals surface area contributed by atoms with Crippen molar-refractivity contribution in [1.82, 2.24) is 0 Å². The van der Waals surface area contributed by atoms with Crippen LogP contribution in [0.25, 0.3) is 0 Å². The second-order valence-corrected chi connectivity index (χ2v) is 4.43. The molecule has 0 radical (unpaired) electrons. The van der Waals surface area contributed by atoms with Gasteiger partial charge in [0.2, 0.25) is 0 Å². The van der Waals surface area contributed by atoms with Gasteiger partial charge in [-0.2, -0.15) is 5.26 Å². The molecule has 0 unspecified atom stereocenters. The summed E-state index contributed by atoms with van der Waals surface area (Å²) in [6.07, 6.45) is 0. The summed E-state index contributed by atoms with van der Waals surface area (Å²) < 4.78 is 5.09. The fourth-order valence-corrected chi connectivity index (χ4v) is 1.38. The average molecular weight is 205 g/mol. The molecule has 0 aromatic heterocycles. The third-order valence-corrected chi connectivity index (χ3v) is 2.25. The van der Waals surface area contributed by atoms with Gasteiger partial charge in [-0.1, -0.05) is 20.8 Å². The molecule has 0 saturated carbocycles. The van der Waals surface area contributed by atoms with E-state index in [0.717, 1.165) is 5.56 Å². The fraction of sp³-hybridized carbons (Fsp3) is 0.417. The number of phenols is 1. The van der Waals surface area contributed by atoms with Crippen LogP contribution in [-0.4, -0.2) is 12.2 Å². The number of aromatic hydroxyl groups is 1. The predicted molar refractivity (Wildman–Crippen MR) is 58.1 cm³/mol. The molecule has 1 aromatic rings. The number of methoxy groups -OCH3 is 1. The number of hydrogen-bond acceptors (Lipinski definition) is 3. The monoisotopic (exact) mass is 205 g/mol. The van der Waals surface area contributed by atoms with Crippen LogP contribution in [0.1, 0.15) is 31.9 Å². The van der Waals surface area contributed by atoms with E-state index in [0.29, 0.717) is 5.75 Å². The van der Waals surface area contributed by atoms with E-state index in [9.17, 15) is 5.11 Å². The molecule has 0 bridgehead atoms. The Bertz CT molecular complexity index is 411. The van der Waals surface area contributed by atoms with E-state index in [1.165, 1.54) is 6.07 Å². The second kappa shape index (κ2) is 3.82. The molecular formula is C12H15NO2. The summed E-state index contributed by atoms with van der Waals surface area (Å²) >= 11 is 0. The predicted octanol–water partition coefficient (Wildman–Crippen LogP) is 2.57. The number of rotatable bonds is 1. The maximum absolute atomic E-state index is 9.87. The minimum Gasteiger partial charge on any atom is -0.506 e. The molecule has 0 spiro atoms. The highest BCUT2D eigenvalue weighted by molar-refractivity contribution is 5.54. The highest BCUT2D eigenvalue weighted by Crippen LogP contribution is 2.36. The molecule has 0 aliphatic heterocycles. The van der Waals surface area contributed by atoms with E-state index in [1.807, 2.05) is 26.8 Å². The van der Waals surface area contributed by atoms with Crippen LogP contribution >= 0.6 is 0 Å². The van der Waals surface area contributed by atoms with Crippen LogP contribution in [0, 0.1) is 11.3 Å². The lowest BCUT2D eigenvalue weighted by molar-refractivity contribution is 0.405. The first-order valence-electron chi connectivity index (χ1n) is 4.71. The van der Waals surface area contributed by atoms with Crippen LogP contribution < -0.4 is 4.74 Å². The van der Waals surface area contributed by atoms with Crippen molar-refractivity contribution in [3.05, 3.63) is 23.3 Å². The quantitative estimate of drug-likeness (QED) is 0.766. The summed E-state index contributed by atoms with van der Waals surface area (Å²) in [6.45, 7) is 5.92. The van der Waals surface area contributed by atoms with Gasteiger partial charge >= 0.3 is 0 Å². The maximum atomic E-state index is 9.87. The highest BCUT2D eigenvalue weighted by atomic mass is 16.5. The van der Waals surface area contributed by atoms with Crippen molar-refractivity contribution in [2.45, 2.75) is 26.2 Å². The third-order valence-electron chi connectivity index (χ3n) is 2.25. The number of hydrogen-bond donors (Lipinski definition) is 1. The molecule has 0 atom stereocenters. The molecule has 0 amide bonds. The van der Waals surface area contributed by atoms with Gasteiger partial charge in [-0.05, 0) is 11.5 Å². The minimum absolute atomic E-state index is 0.0470. The SMILES string of the molecule is COc1cc(C#N)c(O)c(C(C)(C)C)c1. The van der Waals surface area contributed by atoms with Crippen molar-refractivity contribution >= 4 is 0 Å². The number of benzene rings is 1. The van der Waals surface area contributed by atoms with Crippen molar-refractivity contribution in [2.24, 2.45) is 0 Å². The maximum Gasteiger partial charge on any atom is 0.137 e. The zero-order valence-corrected chi connectivity index (χ0v) is 9.46. The zero-order chi connectivity index (χ0) is 11.6. The van der Waals surface area contributed by atoms with E-state index >= 15 is 0 Å². The first-order chi connectivity index (χ1) is 6.90. The zero-order valence-electron chi connectivity index (χ0n) is 9.46. The van der Waals surface area contributed by atoms with Crippen LogP contribution in [0.5, 0.6) is 11.5 Å². The van der Waals surface area contributed by atoms with Crippen LogP contribution in [-0.2, 0) is 5.41 Å². The standard InChI is InChI=1S/C12H15NO2/c1-12(2,3)10-6-9(15-4)5-8(7-13)11(10)14/h5-6,14H,1-4H3. The summed E-state index contributed by atoms with van der Waals surface area (Å²) in [5, 5.41) is 18.7. The normalized spacial score (nSPS) is 10.9. The van der Waals surface area contributed by atoms with Gasteiger partial charge in [0.05, 0.1) is 12.7 Å². The number of nitrogens with zero attached hydrogens (tertiary/aromatic N) is 1. The molecular weight excluding hydrogens is 190 g/mol. The molecule has 15 heavy (non-hydrogen) atoms. The Kier molecular flexibility index (Phi) is 2.90. The molecule has 1 N–H and O–H groups in total. The molecule has 0 aliphatic carbocycles. The van der Waals surface area contributed by atoms with Gasteiger partial charge in [0, 0.05) is 11.6 Å². The van der Waals surface area contributed by atoms with Crippen molar-refractivity contribution in [1.29, 1.82) is 5.26 Å². The Morgan fingerprint density at radius 2 is 1.93 bits per heavy atom. The molecule has 0 saturated heterocycles. The summed E-state index contributed by atoms with van der Waals surface area (Å²) in [6, 6.07) is 5.24. The fourth-order valence-electron chi connectivity index (χ4n) is 1.38.